The van der Waals surface area contributed by atoms with E-state index < -0.39 is 41.7 Å². The Hall–Kier alpha value is -3.07. The molecule has 12 heteroatoms. The summed E-state index contributed by atoms with van der Waals surface area (Å²) in [5.41, 5.74) is 0.834. The molecule has 2 amide bonds. The van der Waals surface area contributed by atoms with Crippen molar-refractivity contribution >= 4 is 40.2 Å². The number of ketones is 1. The SMILES string of the molecule is CCC(=O)C(=O)N(Cc1ccccc1F)[C@@H]1CC(C(=O)NCCO)=C[C@H](Oc2c(I)cc(CO)cc2OC)[C@H]1O. The average molecular weight is 670 g/mol. The molecule has 0 saturated heterocycles. The largest absolute Gasteiger partial charge is 0.493 e. The molecule has 0 saturated carbocycles. The number of carbonyl (C=O) groups excluding carboxylic acids is 3. The Bertz CT molecular complexity index is 1270. The number of aliphatic hydroxyl groups excluding tert-OH is 3. The summed E-state index contributed by atoms with van der Waals surface area (Å²) < 4.78 is 26.7. The van der Waals surface area contributed by atoms with Gasteiger partial charge < -0.3 is 35.0 Å². The fourth-order valence-electron chi connectivity index (χ4n) is 4.36. The van der Waals surface area contributed by atoms with Gasteiger partial charge in [0.05, 0.1) is 29.9 Å². The highest BCUT2D eigenvalue weighted by atomic mass is 127. The van der Waals surface area contributed by atoms with Gasteiger partial charge in [-0.05, 0) is 52.4 Å². The maximum Gasteiger partial charge on any atom is 0.290 e. The van der Waals surface area contributed by atoms with Crippen LogP contribution in [0.25, 0.3) is 0 Å². The van der Waals surface area contributed by atoms with Crippen molar-refractivity contribution in [3.8, 4) is 11.5 Å². The zero-order valence-electron chi connectivity index (χ0n) is 22.1. The minimum absolute atomic E-state index is 0.0323. The Labute approximate surface area is 244 Å². The first kappa shape index (κ1) is 31.5. The summed E-state index contributed by atoms with van der Waals surface area (Å²) in [5.74, 6) is -2.32. The van der Waals surface area contributed by atoms with E-state index in [9.17, 15) is 29.0 Å². The molecule has 0 unspecified atom stereocenters. The molecule has 0 radical (unpaired) electrons. The molecule has 10 nitrogen and oxygen atoms in total. The summed E-state index contributed by atoms with van der Waals surface area (Å²) in [6, 6.07) is 7.85. The molecule has 0 heterocycles. The molecule has 3 atom stereocenters. The maximum atomic E-state index is 14.6. The van der Waals surface area contributed by atoms with Gasteiger partial charge in [0.1, 0.15) is 18.0 Å². The van der Waals surface area contributed by atoms with Gasteiger partial charge in [0.25, 0.3) is 5.91 Å². The fourth-order valence-corrected chi connectivity index (χ4v) is 5.15. The van der Waals surface area contributed by atoms with Gasteiger partial charge in [-0.3, -0.25) is 14.4 Å². The molecule has 1 aliphatic carbocycles. The number of aliphatic hydroxyl groups is 3. The number of halogens is 2. The van der Waals surface area contributed by atoms with Crippen molar-refractivity contribution in [3.63, 3.8) is 0 Å². The third-order valence-corrected chi connectivity index (χ3v) is 7.26. The number of hydrogen-bond donors (Lipinski definition) is 4. The third-order valence-electron chi connectivity index (χ3n) is 6.46. The van der Waals surface area contributed by atoms with Crippen molar-refractivity contribution in [2.75, 3.05) is 20.3 Å². The summed E-state index contributed by atoms with van der Waals surface area (Å²) in [7, 11) is 1.41. The molecule has 2 aromatic rings. The minimum Gasteiger partial charge on any atom is -0.493 e. The van der Waals surface area contributed by atoms with Crippen molar-refractivity contribution in [2.24, 2.45) is 0 Å². The molecule has 1 aliphatic rings. The van der Waals surface area contributed by atoms with Crippen molar-refractivity contribution in [3.05, 3.63) is 68.6 Å². The highest BCUT2D eigenvalue weighted by Crippen LogP contribution is 2.37. The minimum atomic E-state index is -1.44. The zero-order valence-corrected chi connectivity index (χ0v) is 24.3. The van der Waals surface area contributed by atoms with E-state index in [1.54, 1.807) is 18.2 Å². The van der Waals surface area contributed by atoms with Crippen molar-refractivity contribution < 1.29 is 43.6 Å². The molecule has 2 aromatic carbocycles. The lowest BCUT2D eigenvalue weighted by molar-refractivity contribution is -0.149. The summed E-state index contributed by atoms with van der Waals surface area (Å²) in [6.07, 6.45) is -1.48. The van der Waals surface area contributed by atoms with E-state index >= 15 is 0 Å². The van der Waals surface area contributed by atoms with Crippen LogP contribution in [0.1, 0.15) is 30.9 Å². The van der Waals surface area contributed by atoms with Gasteiger partial charge in [-0.1, -0.05) is 25.1 Å². The van der Waals surface area contributed by atoms with Crippen LogP contribution in [-0.4, -0.2) is 76.3 Å². The molecule has 0 fully saturated rings. The van der Waals surface area contributed by atoms with Gasteiger partial charge in [-0.2, -0.15) is 0 Å². The van der Waals surface area contributed by atoms with Crippen molar-refractivity contribution in [2.45, 2.75) is 51.2 Å². The molecule has 4 N–H and O–H groups in total. The Kier molecular flexibility index (Phi) is 11.4. The van der Waals surface area contributed by atoms with Gasteiger partial charge in [0.2, 0.25) is 11.7 Å². The van der Waals surface area contributed by atoms with E-state index in [-0.39, 0.29) is 61.8 Å². The van der Waals surface area contributed by atoms with E-state index in [1.165, 1.54) is 38.3 Å². The number of benzene rings is 2. The van der Waals surface area contributed by atoms with Crippen LogP contribution in [0.5, 0.6) is 11.5 Å². The number of Topliss-reactive ketones (excluding diaryl/α,β-unsaturated/α-hetero) is 1. The molecule has 0 aromatic heterocycles. The molecule has 0 aliphatic heterocycles. The Morgan fingerprint density at radius 1 is 1.20 bits per heavy atom. The molecular formula is C28H32FIN2O8. The van der Waals surface area contributed by atoms with E-state index in [0.29, 0.717) is 9.13 Å². The molecule has 0 bridgehead atoms. The second kappa shape index (κ2) is 14.5. The Morgan fingerprint density at radius 2 is 1.93 bits per heavy atom. The monoisotopic (exact) mass is 670 g/mol. The van der Waals surface area contributed by atoms with Gasteiger partial charge in [0, 0.05) is 37.1 Å². The van der Waals surface area contributed by atoms with Crippen LogP contribution in [0.2, 0.25) is 0 Å². The first-order valence-electron chi connectivity index (χ1n) is 12.6. The van der Waals surface area contributed by atoms with Crippen molar-refractivity contribution in [1.82, 2.24) is 10.2 Å². The van der Waals surface area contributed by atoms with Gasteiger partial charge in [0.15, 0.2) is 11.5 Å². The van der Waals surface area contributed by atoms with Crippen LogP contribution in [0, 0.1) is 9.39 Å². The summed E-state index contributed by atoms with van der Waals surface area (Å²) >= 11 is 1.98. The lowest BCUT2D eigenvalue weighted by Gasteiger charge is -2.40. The normalized spacial score (nSPS) is 18.5. The summed E-state index contributed by atoms with van der Waals surface area (Å²) in [6.45, 7) is 0.607. The van der Waals surface area contributed by atoms with Gasteiger partial charge >= 0.3 is 0 Å². The standard InChI is InChI=1S/C28H32FIN2O8/c1-3-22(35)28(38)32(14-17-6-4-5-7-19(17)29)21-12-18(27(37)31-8-9-33)13-23(25(21)36)40-26-20(30)10-16(15-34)11-24(26)39-2/h4-7,10-11,13,21,23,25,33-34,36H,3,8-9,12,14-15H2,1-2H3,(H,31,37)/t21-,23+,25+/m1/s1. The van der Waals surface area contributed by atoms with Crippen LogP contribution in [0.4, 0.5) is 4.39 Å². The van der Waals surface area contributed by atoms with Gasteiger partial charge in [-0.15, -0.1) is 0 Å². The highest BCUT2D eigenvalue weighted by Gasteiger charge is 2.42. The number of ether oxygens (including phenoxy) is 2. The lowest BCUT2D eigenvalue weighted by Crippen LogP contribution is -2.56. The van der Waals surface area contributed by atoms with Gasteiger partial charge in [-0.25, -0.2) is 4.39 Å². The summed E-state index contributed by atoms with van der Waals surface area (Å²) in [5, 5.41) is 32.8. The second-order valence-electron chi connectivity index (χ2n) is 9.08. The lowest BCUT2D eigenvalue weighted by atomic mass is 9.87. The number of amides is 2. The number of nitrogens with zero attached hydrogens (tertiary/aromatic N) is 1. The number of hydrogen-bond acceptors (Lipinski definition) is 8. The molecule has 0 spiro atoms. The first-order valence-corrected chi connectivity index (χ1v) is 13.7. The number of nitrogens with one attached hydrogen (secondary N) is 1. The first-order chi connectivity index (χ1) is 19.1. The quantitative estimate of drug-likeness (QED) is 0.198. The smallest absolute Gasteiger partial charge is 0.290 e. The highest BCUT2D eigenvalue weighted by molar-refractivity contribution is 14.1. The summed E-state index contributed by atoms with van der Waals surface area (Å²) in [4.78, 5) is 39.9. The number of carbonyl (C=O) groups is 3. The van der Waals surface area contributed by atoms with E-state index in [4.69, 9.17) is 14.6 Å². The van der Waals surface area contributed by atoms with Crippen LogP contribution in [-0.2, 0) is 27.5 Å². The van der Waals surface area contributed by atoms with Crippen molar-refractivity contribution in [1.29, 1.82) is 0 Å². The predicted octanol–water partition coefficient (Wildman–Crippen LogP) is 1.85. The van der Waals surface area contributed by atoms with Crippen LogP contribution in [0.15, 0.2) is 48.0 Å². The predicted molar refractivity (Wildman–Crippen MR) is 151 cm³/mol. The fraction of sp³-hybridized carbons (Fsp3) is 0.393. The molecule has 40 heavy (non-hydrogen) atoms. The van der Waals surface area contributed by atoms with Crippen LogP contribution >= 0.6 is 22.6 Å². The van der Waals surface area contributed by atoms with Crippen LogP contribution < -0.4 is 14.8 Å². The second-order valence-corrected chi connectivity index (χ2v) is 10.2. The molecule has 3 rings (SSSR count). The Balaban J connectivity index is 2.08. The topological polar surface area (TPSA) is 146 Å². The number of methoxy groups -OCH3 is 1. The maximum absolute atomic E-state index is 14.6. The average Bonchev–Trinajstić information content (AvgIpc) is 2.96. The van der Waals surface area contributed by atoms with E-state index in [1.807, 2.05) is 22.6 Å². The van der Waals surface area contributed by atoms with Crippen LogP contribution in [0.3, 0.4) is 0 Å². The van der Waals surface area contributed by atoms with E-state index in [2.05, 4.69) is 5.32 Å². The number of rotatable bonds is 12. The molecular weight excluding hydrogens is 638 g/mol. The third kappa shape index (κ3) is 7.36. The van der Waals surface area contributed by atoms with E-state index in [0.717, 1.165) is 4.90 Å². The Morgan fingerprint density at radius 3 is 2.55 bits per heavy atom. The molecule has 216 valence electrons. The zero-order chi connectivity index (χ0) is 29.4.